The number of carboxylic acids is 1. The molecule has 1 saturated heterocycles. The Morgan fingerprint density at radius 1 is 1.08 bits per heavy atom. The molecule has 1 aliphatic heterocycles. The molecule has 1 aromatic carbocycles. The van der Waals surface area contributed by atoms with Gasteiger partial charge in [0.2, 0.25) is 5.91 Å². The van der Waals surface area contributed by atoms with E-state index >= 15 is 0 Å². The molecule has 1 heterocycles. The average Bonchev–Trinajstić information content (AvgIpc) is 3.47. The largest absolute Gasteiger partial charge is 0.481 e. The number of hydrogen-bond donors (Lipinski definition) is 2. The second-order valence-corrected chi connectivity index (χ2v) is 10.5. The van der Waals surface area contributed by atoms with Gasteiger partial charge in [-0.25, -0.2) is 4.79 Å². The van der Waals surface area contributed by atoms with Crippen molar-refractivity contribution in [3.63, 3.8) is 0 Å². The molecule has 36 heavy (non-hydrogen) atoms. The lowest BCUT2D eigenvalue weighted by Crippen LogP contribution is -2.52. The lowest BCUT2D eigenvalue weighted by molar-refractivity contribution is -0.155. The number of carbonyl (C=O) groups excluding carboxylic acids is 2. The van der Waals surface area contributed by atoms with Gasteiger partial charge in [0.1, 0.15) is 6.04 Å². The van der Waals surface area contributed by atoms with Crippen LogP contribution in [0, 0.1) is 5.92 Å². The molecule has 200 valence electrons. The predicted molar refractivity (Wildman–Crippen MR) is 140 cm³/mol. The van der Waals surface area contributed by atoms with Crippen molar-refractivity contribution < 1.29 is 24.2 Å². The predicted octanol–water partition coefficient (Wildman–Crippen LogP) is 4.90. The molecule has 2 aliphatic rings. The van der Waals surface area contributed by atoms with Crippen LogP contribution in [0.2, 0.25) is 0 Å². The Kier molecular flexibility index (Phi) is 11.2. The Morgan fingerprint density at radius 3 is 2.53 bits per heavy atom. The van der Waals surface area contributed by atoms with Crippen LogP contribution in [0.25, 0.3) is 0 Å². The van der Waals surface area contributed by atoms with Gasteiger partial charge in [0.25, 0.3) is 0 Å². The Hall–Kier alpha value is -2.41. The van der Waals surface area contributed by atoms with Crippen LogP contribution in [0.1, 0.15) is 96.0 Å². The first-order valence-corrected chi connectivity index (χ1v) is 13.9. The van der Waals surface area contributed by atoms with Gasteiger partial charge >= 0.3 is 11.9 Å². The zero-order chi connectivity index (χ0) is 25.9. The number of carbonyl (C=O) groups is 3. The minimum absolute atomic E-state index is 0.0856. The maximum Gasteiger partial charge on any atom is 0.328 e. The van der Waals surface area contributed by atoms with Crippen LogP contribution in [0.15, 0.2) is 30.3 Å². The Morgan fingerprint density at radius 2 is 1.81 bits per heavy atom. The lowest BCUT2D eigenvalue weighted by atomic mass is 9.96. The zero-order valence-electron chi connectivity index (χ0n) is 22.0. The monoisotopic (exact) mass is 500 g/mol. The van der Waals surface area contributed by atoms with Crippen LogP contribution < -0.4 is 5.32 Å². The molecule has 1 aliphatic carbocycles. The van der Waals surface area contributed by atoms with Crippen molar-refractivity contribution in [1.29, 1.82) is 0 Å². The quantitative estimate of drug-likeness (QED) is 0.263. The SMILES string of the molecule is CCCCCCCCOC(=O)[C@@H]1C[C@@H]2CCC[C@@H]2N1C(=O)[C@H](C)NCCC(C(=O)O)c1ccccc1. The number of nitrogens with one attached hydrogen (secondary N) is 1. The second kappa shape index (κ2) is 14.4. The summed E-state index contributed by atoms with van der Waals surface area (Å²) in [5, 5.41) is 12.9. The highest BCUT2D eigenvalue weighted by Crippen LogP contribution is 2.42. The summed E-state index contributed by atoms with van der Waals surface area (Å²) in [6.45, 7) is 4.82. The van der Waals surface area contributed by atoms with E-state index in [0.29, 0.717) is 31.9 Å². The van der Waals surface area contributed by atoms with Gasteiger partial charge in [0, 0.05) is 6.04 Å². The van der Waals surface area contributed by atoms with Gasteiger partial charge in [-0.2, -0.15) is 0 Å². The van der Waals surface area contributed by atoms with E-state index < -0.39 is 24.0 Å². The fourth-order valence-electron chi connectivity index (χ4n) is 5.84. The van der Waals surface area contributed by atoms with Crippen molar-refractivity contribution in [2.75, 3.05) is 13.2 Å². The van der Waals surface area contributed by atoms with E-state index in [-0.39, 0.29) is 17.9 Å². The van der Waals surface area contributed by atoms with Crippen molar-refractivity contribution in [3.8, 4) is 0 Å². The van der Waals surface area contributed by atoms with Crippen LogP contribution >= 0.6 is 0 Å². The standard InChI is InChI=1S/C29H44N2O5/c1-3-4-5-6-7-11-19-36-29(35)26-20-23-15-12-16-25(23)31(26)27(32)21(2)30-18-17-24(28(33)34)22-13-9-8-10-14-22/h8-10,13-14,21,23-26,30H,3-7,11-12,15-20H2,1-2H3,(H,33,34)/t21-,23-,24?,25-,26-/m0/s1. The number of aliphatic carboxylic acids is 1. The smallest absolute Gasteiger partial charge is 0.328 e. The number of hydrogen-bond acceptors (Lipinski definition) is 5. The highest BCUT2D eigenvalue weighted by Gasteiger charge is 2.49. The summed E-state index contributed by atoms with van der Waals surface area (Å²) < 4.78 is 5.63. The summed E-state index contributed by atoms with van der Waals surface area (Å²) in [7, 11) is 0. The van der Waals surface area contributed by atoms with Gasteiger partial charge in [0.05, 0.1) is 18.6 Å². The Balaban J connectivity index is 1.52. The number of amides is 1. The van der Waals surface area contributed by atoms with Crippen LogP contribution in [-0.2, 0) is 19.1 Å². The molecule has 1 aromatic rings. The number of benzene rings is 1. The number of ether oxygens (including phenoxy) is 1. The number of likely N-dealkylation sites (tertiary alicyclic amines) is 1. The van der Waals surface area contributed by atoms with Crippen molar-refractivity contribution in [2.24, 2.45) is 5.92 Å². The van der Waals surface area contributed by atoms with Crippen molar-refractivity contribution in [3.05, 3.63) is 35.9 Å². The van der Waals surface area contributed by atoms with E-state index in [1.807, 2.05) is 37.3 Å². The number of carboxylic acid groups (broad SMARTS) is 1. The van der Waals surface area contributed by atoms with Crippen LogP contribution in [-0.4, -0.2) is 59.1 Å². The van der Waals surface area contributed by atoms with Crippen molar-refractivity contribution in [2.45, 2.75) is 109 Å². The van der Waals surface area contributed by atoms with E-state index in [1.165, 1.54) is 25.7 Å². The molecule has 5 atom stereocenters. The fourth-order valence-corrected chi connectivity index (χ4v) is 5.84. The van der Waals surface area contributed by atoms with Crippen molar-refractivity contribution >= 4 is 17.8 Å². The summed E-state index contributed by atoms with van der Waals surface area (Å²) in [6.07, 6.45) is 10.9. The molecule has 0 bridgehead atoms. The first-order valence-electron chi connectivity index (χ1n) is 13.9. The molecule has 7 nitrogen and oxygen atoms in total. The summed E-state index contributed by atoms with van der Waals surface area (Å²) in [4.78, 5) is 40.1. The Labute approximate surface area is 216 Å². The van der Waals surface area contributed by atoms with Gasteiger partial charge in [0.15, 0.2) is 0 Å². The molecule has 0 radical (unpaired) electrons. The lowest BCUT2D eigenvalue weighted by Gasteiger charge is -2.31. The van der Waals surface area contributed by atoms with E-state index in [9.17, 15) is 19.5 Å². The summed E-state index contributed by atoms with van der Waals surface area (Å²) in [5.41, 5.74) is 0.757. The molecular formula is C29H44N2O5. The highest BCUT2D eigenvalue weighted by molar-refractivity contribution is 5.88. The Bertz CT molecular complexity index is 845. The molecule has 1 saturated carbocycles. The van der Waals surface area contributed by atoms with E-state index in [4.69, 9.17) is 4.74 Å². The first-order chi connectivity index (χ1) is 17.4. The zero-order valence-corrected chi connectivity index (χ0v) is 22.0. The number of rotatable bonds is 15. The van der Waals surface area contributed by atoms with Gasteiger partial charge < -0.3 is 20.1 Å². The number of nitrogens with zero attached hydrogens (tertiary/aromatic N) is 1. The van der Waals surface area contributed by atoms with Crippen LogP contribution in [0.5, 0.6) is 0 Å². The van der Waals surface area contributed by atoms with E-state index in [1.54, 1.807) is 4.90 Å². The summed E-state index contributed by atoms with van der Waals surface area (Å²) >= 11 is 0. The number of esters is 1. The number of unbranched alkanes of at least 4 members (excludes halogenated alkanes) is 5. The topological polar surface area (TPSA) is 95.9 Å². The molecule has 1 amide bonds. The van der Waals surface area contributed by atoms with Crippen molar-refractivity contribution in [1.82, 2.24) is 10.2 Å². The molecule has 7 heteroatoms. The average molecular weight is 501 g/mol. The summed E-state index contributed by atoms with van der Waals surface area (Å²) in [5.74, 6) is -1.49. The minimum Gasteiger partial charge on any atom is -0.481 e. The molecular weight excluding hydrogens is 456 g/mol. The molecule has 2 N–H and O–H groups in total. The normalized spacial score (nSPS) is 22.7. The van der Waals surface area contributed by atoms with Gasteiger partial charge in [-0.05, 0) is 57.1 Å². The second-order valence-electron chi connectivity index (χ2n) is 10.5. The third-order valence-corrected chi connectivity index (χ3v) is 7.86. The van der Waals surface area contributed by atoms with Gasteiger partial charge in [-0.15, -0.1) is 0 Å². The minimum atomic E-state index is -0.872. The fraction of sp³-hybridized carbons (Fsp3) is 0.690. The van der Waals surface area contributed by atoms with E-state index in [0.717, 1.165) is 37.7 Å². The third kappa shape index (κ3) is 7.55. The molecule has 2 fully saturated rings. The number of fused-ring (bicyclic) bond motifs is 1. The van der Waals surface area contributed by atoms with Gasteiger partial charge in [-0.3, -0.25) is 9.59 Å². The van der Waals surface area contributed by atoms with Gasteiger partial charge in [-0.1, -0.05) is 75.8 Å². The maximum atomic E-state index is 13.5. The maximum absolute atomic E-state index is 13.5. The summed E-state index contributed by atoms with van der Waals surface area (Å²) in [6, 6.07) is 8.27. The molecule has 0 aromatic heterocycles. The highest BCUT2D eigenvalue weighted by atomic mass is 16.5. The van der Waals surface area contributed by atoms with E-state index in [2.05, 4.69) is 12.2 Å². The molecule has 1 unspecified atom stereocenters. The van der Waals surface area contributed by atoms with Crippen LogP contribution in [0.3, 0.4) is 0 Å². The first kappa shape index (κ1) is 28.2. The third-order valence-electron chi connectivity index (χ3n) is 7.86. The molecule has 3 rings (SSSR count). The van der Waals surface area contributed by atoms with Crippen LogP contribution in [0.4, 0.5) is 0 Å². The molecule has 0 spiro atoms.